The van der Waals surface area contributed by atoms with Crippen molar-refractivity contribution in [2.45, 2.75) is 18.9 Å². The van der Waals surface area contributed by atoms with Crippen molar-refractivity contribution in [3.8, 4) is 0 Å². The monoisotopic (exact) mass is 367 g/mol. The summed E-state index contributed by atoms with van der Waals surface area (Å²) in [6.45, 7) is 0. The van der Waals surface area contributed by atoms with Crippen molar-refractivity contribution in [1.29, 1.82) is 0 Å². The summed E-state index contributed by atoms with van der Waals surface area (Å²) in [7, 11) is 0. The van der Waals surface area contributed by atoms with Crippen LogP contribution in [0.4, 0.5) is 0 Å². The maximum absolute atomic E-state index is 11.9. The summed E-state index contributed by atoms with van der Waals surface area (Å²) < 4.78 is 0. The van der Waals surface area contributed by atoms with E-state index in [1.165, 1.54) is 6.08 Å². The number of allylic oxidation sites excluding steroid dienone is 1. The van der Waals surface area contributed by atoms with Crippen LogP contribution in [0.2, 0.25) is 0 Å². The molecule has 7 nitrogen and oxygen atoms in total. The lowest BCUT2D eigenvalue weighted by molar-refractivity contribution is -0.147. The zero-order valence-electron chi connectivity index (χ0n) is 13.1. The van der Waals surface area contributed by atoms with Gasteiger partial charge < -0.3 is 21.1 Å². The third-order valence-electron chi connectivity index (χ3n) is 3.99. The Hall–Kier alpha value is -2.64. The van der Waals surface area contributed by atoms with Crippen LogP contribution in [0.5, 0.6) is 0 Å². The Balaban J connectivity index is 0.00000312. The number of aliphatic carboxylic acids is 3. The Labute approximate surface area is 149 Å². The highest BCUT2D eigenvalue weighted by Gasteiger charge is 2.43. The maximum atomic E-state index is 11.9. The molecule has 1 aliphatic carbocycles. The van der Waals surface area contributed by atoms with Crippen molar-refractivity contribution in [1.82, 2.24) is 0 Å². The lowest BCUT2D eigenvalue weighted by Crippen LogP contribution is -2.42. The average Bonchev–Trinajstić information content (AvgIpc) is 2.55. The van der Waals surface area contributed by atoms with Gasteiger partial charge in [-0.3, -0.25) is 9.59 Å². The number of carboxylic acid groups (broad SMARTS) is 3. The quantitative estimate of drug-likeness (QED) is 0.601. The van der Waals surface area contributed by atoms with Gasteiger partial charge in [0, 0.05) is 0 Å². The second-order valence-electron chi connectivity index (χ2n) is 5.73. The molecule has 0 radical (unpaired) electrons. The van der Waals surface area contributed by atoms with Crippen LogP contribution in [0.1, 0.15) is 18.4 Å². The molecule has 0 heterocycles. The zero-order chi connectivity index (χ0) is 17.9. The number of carboxylic acids is 3. The van der Waals surface area contributed by atoms with Crippen molar-refractivity contribution in [2.75, 3.05) is 0 Å². The fourth-order valence-electron chi connectivity index (χ4n) is 2.77. The van der Waals surface area contributed by atoms with Crippen molar-refractivity contribution in [3.05, 3.63) is 53.6 Å². The summed E-state index contributed by atoms with van der Waals surface area (Å²) in [5.74, 6) is -3.92. The third-order valence-corrected chi connectivity index (χ3v) is 3.99. The number of benzene rings is 1. The van der Waals surface area contributed by atoms with Gasteiger partial charge in [-0.2, -0.15) is 0 Å². The van der Waals surface area contributed by atoms with Gasteiger partial charge in [0.25, 0.3) is 0 Å². The number of carbonyl (C=O) groups is 3. The molecule has 0 saturated heterocycles. The van der Waals surface area contributed by atoms with Crippen molar-refractivity contribution in [3.63, 3.8) is 0 Å². The van der Waals surface area contributed by atoms with Gasteiger partial charge in [-0.1, -0.05) is 36.4 Å². The van der Waals surface area contributed by atoms with Crippen LogP contribution in [-0.4, -0.2) is 39.3 Å². The zero-order valence-corrected chi connectivity index (χ0v) is 13.9. The third kappa shape index (κ3) is 4.46. The Kier molecular flexibility index (Phi) is 6.49. The molecule has 1 aliphatic rings. The van der Waals surface area contributed by atoms with E-state index in [-0.39, 0.29) is 24.4 Å². The largest absolute Gasteiger partial charge is 0.481 e. The van der Waals surface area contributed by atoms with Crippen LogP contribution in [0.3, 0.4) is 0 Å². The van der Waals surface area contributed by atoms with Crippen molar-refractivity contribution >= 4 is 35.9 Å². The highest BCUT2D eigenvalue weighted by molar-refractivity contribution is 5.97. The summed E-state index contributed by atoms with van der Waals surface area (Å²) in [5, 5.41) is 28.0. The Morgan fingerprint density at radius 2 is 1.72 bits per heavy atom. The molecule has 0 aliphatic heterocycles. The Morgan fingerprint density at radius 3 is 2.20 bits per heavy atom. The molecule has 0 bridgehead atoms. The van der Waals surface area contributed by atoms with Crippen molar-refractivity contribution < 1.29 is 29.7 Å². The first kappa shape index (κ1) is 20.4. The summed E-state index contributed by atoms with van der Waals surface area (Å²) in [6.07, 6.45) is 2.06. The van der Waals surface area contributed by atoms with Gasteiger partial charge in [-0.15, -0.1) is 12.4 Å². The molecule has 2 atom stereocenters. The standard InChI is InChI=1S/C17H17NO6.ClH/c18-13(15(21)22)9-17(16(23)24)7-11(6-12(8-17)14(19)20)10-4-2-1-3-5-10;/h1-6,8,13H,7,9,18H2,(H,19,20)(H,21,22)(H,23,24);1H. The lowest BCUT2D eigenvalue weighted by Gasteiger charge is -2.32. The second kappa shape index (κ2) is 7.96. The lowest BCUT2D eigenvalue weighted by atomic mass is 9.71. The fourth-order valence-corrected chi connectivity index (χ4v) is 2.77. The predicted molar refractivity (Wildman–Crippen MR) is 92.3 cm³/mol. The van der Waals surface area contributed by atoms with E-state index >= 15 is 0 Å². The first-order valence-corrected chi connectivity index (χ1v) is 7.19. The molecular weight excluding hydrogens is 350 g/mol. The van der Waals surface area contributed by atoms with E-state index < -0.39 is 35.8 Å². The highest BCUT2D eigenvalue weighted by Crippen LogP contribution is 2.42. The maximum Gasteiger partial charge on any atom is 0.335 e. The van der Waals surface area contributed by atoms with E-state index in [9.17, 15) is 24.6 Å². The normalized spacial score (nSPS) is 20.5. The molecule has 0 fully saturated rings. The SMILES string of the molecule is Cl.NC(CC1(C(=O)O)C=C(C(=O)O)C=C(c2ccccc2)C1)C(=O)O. The number of nitrogens with two attached hydrogens (primary N) is 1. The Morgan fingerprint density at radius 1 is 1.12 bits per heavy atom. The first-order chi connectivity index (χ1) is 11.2. The van der Waals surface area contributed by atoms with Crippen LogP contribution in [-0.2, 0) is 14.4 Å². The fraction of sp³-hybridized carbons (Fsp3) is 0.235. The minimum absolute atomic E-state index is 0. The molecule has 0 amide bonds. The van der Waals surface area contributed by atoms with Crippen LogP contribution in [0.15, 0.2) is 48.1 Å². The Bertz CT molecular complexity index is 743. The molecule has 5 N–H and O–H groups in total. The molecule has 1 aromatic rings. The van der Waals surface area contributed by atoms with E-state index in [0.717, 1.165) is 6.08 Å². The number of hydrogen-bond donors (Lipinski definition) is 4. The van der Waals surface area contributed by atoms with Gasteiger partial charge in [0.15, 0.2) is 0 Å². The van der Waals surface area contributed by atoms with Gasteiger partial charge in [0.2, 0.25) is 0 Å². The molecule has 2 rings (SSSR count). The minimum Gasteiger partial charge on any atom is -0.481 e. The van der Waals surface area contributed by atoms with E-state index in [1.807, 2.05) is 0 Å². The van der Waals surface area contributed by atoms with Crippen LogP contribution in [0.25, 0.3) is 5.57 Å². The molecule has 0 saturated carbocycles. The molecular formula is C17H18ClNO6. The van der Waals surface area contributed by atoms with Gasteiger partial charge >= 0.3 is 17.9 Å². The molecule has 1 aromatic carbocycles. The van der Waals surface area contributed by atoms with E-state index in [4.69, 9.17) is 10.8 Å². The molecule has 134 valence electrons. The van der Waals surface area contributed by atoms with Gasteiger partial charge in [0.05, 0.1) is 11.0 Å². The topological polar surface area (TPSA) is 138 Å². The summed E-state index contributed by atoms with van der Waals surface area (Å²) >= 11 is 0. The van der Waals surface area contributed by atoms with Crippen molar-refractivity contribution in [2.24, 2.45) is 11.1 Å². The molecule has 25 heavy (non-hydrogen) atoms. The van der Waals surface area contributed by atoms with Gasteiger partial charge in [-0.25, -0.2) is 4.79 Å². The average molecular weight is 368 g/mol. The first-order valence-electron chi connectivity index (χ1n) is 7.19. The van der Waals surface area contributed by atoms with Crippen LogP contribution in [0, 0.1) is 5.41 Å². The summed E-state index contributed by atoms with van der Waals surface area (Å²) in [4.78, 5) is 34.3. The molecule has 0 aromatic heterocycles. The molecule has 2 unspecified atom stereocenters. The van der Waals surface area contributed by atoms with Gasteiger partial charge in [0.1, 0.15) is 6.04 Å². The highest BCUT2D eigenvalue weighted by atomic mass is 35.5. The summed E-state index contributed by atoms with van der Waals surface area (Å²) in [6, 6.07) is 7.34. The number of hydrogen-bond acceptors (Lipinski definition) is 4. The van der Waals surface area contributed by atoms with E-state index in [1.54, 1.807) is 30.3 Å². The van der Waals surface area contributed by atoms with E-state index in [2.05, 4.69) is 0 Å². The molecule has 8 heteroatoms. The number of halogens is 1. The summed E-state index contributed by atoms with van der Waals surface area (Å²) in [5.41, 5.74) is 4.82. The van der Waals surface area contributed by atoms with Crippen LogP contribution >= 0.6 is 12.4 Å². The smallest absolute Gasteiger partial charge is 0.335 e. The minimum atomic E-state index is -1.69. The van der Waals surface area contributed by atoms with Gasteiger partial charge in [-0.05, 0) is 30.1 Å². The number of rotatable bonds is 6. The second-order valence-corrected chi connectivity index (χ2v) is 5.73. The predicted octanol–water partition coefficient (Wildman–Crippen LogP) is 1.78. The van der Waals surface area contributed by atoms with E-state index in [0.29, 0.717) is 11.1 Å². The van der Waals surface area contributed by atoms with Crippen LogP contribution < -0.4 is 5.73 Å². The molecule has 0 spiro atoms.